The van der Waals surface area contributed by atoms with E-state index in [2.05, 4.69) is 51.2 Å². The van der Waals surface area contributed by atoms with Crippen molar-refractivity contribution in [3.63, 3.8) is 0 Å². The average molecular weight is 768 g/mol. The van der Waals surface area contributed by atoms with Crippen molar-refractivity contribution >= 4 is 18.1 Å². The van der Waals surface area contributed by atoms with Gasteiger partial charge < -0.3 is 24.8 Å². The first-order valence-corrected chi connectivity index (χ1v) is 24.6. The van der Waals surface area contributed by atoms with E-state index in [9.17, 15) is 26.3 Å². The molecule has 2 atom stereocenters. The summed E-state index contributed by atoms with van der Waals surface area (Å²) in [5.41, 5.74) is 8.41. The summed E-state index contributed by atoms with van der Waals surface area (Å²) < 4.78 is 81.9. The van der Waals surface area contributed by atoms with Crippen molar-refractivity contribution in [1.29, 1.82) is 0 Å². The molecule has 0 aromatic heterocycles. The van der Waals surface area contributed by atoms with Crippen LogP contribution in [0.1, 0.15) is 54.5 Å². The maximum Gasteiger partial charge on any atom is -1.00 e. The minimum Gasteiger partial charge on any atom is -1.00 e. The molecule has 0 spiro atoms. The minimum absolute atomic E-state index is 0. The molecular formula is C36H31Cl2F6SiZr. The Morgan fingerprint density at radius 2 is 0.935 bits per heavy atom. The van der Waals surface area contributed by atoms with E-state index >= 15 is 0 Å². The Balaban J connectivity index is 0.00000240. The van der Waals surface area contributed by atoms with Crippen molar-refractivity contribution in [1.82, 2.24) is 0 Å². The monoisotopic (exact) mass is 765 g/mol. The Labute approximate surface area is 286 Å². The first kappa shape index (κ1) is 36.5. The molecule has 2 aliphatic rings. The summed E-state index contributed by atoms with van der Waals surface area (Å²) in [6, 6.07) is 23.1. The summed E-state index contributed by atoms with van der Waals surface area (Å²) in [6.45, 7) is 9.15. The minimum atomic E-state index is -4.42. The predicted molar refractivity (Wildman–Crippen MR) is 165 cm³/mol. The third-order valence-electron chi connectivity index (χ3n) is 8.89. The zero-order valence-electron chi connectivity index (χ0n) is 25.5. The fourth-order valence-corrected chi connectivity index (χ4v) is 30.3. The largest absolute Gasteiger partial charge is 1.00 e. The number of allylic oxidation sites excluding steroid dienone is 2. The third-order valence-corrected chi connectivity index (χ3v) is 31.0. The number of benzene rings is 4. The zero-order valence-corrected chi connectivity index (χ0v) is 30.6. The summed E-state index contributed by atoms with van der Waals surface area (Å²) in [7, 11) is 0. The van der Waals surface area contributed by atoms with Crippen LogP contribution < -0.4 is 24.8 Å². The van der Waals surface area contributed by atoms with E-state index < -0.39 is 50.3 Å². The van der Waals surface area contributed by atoms with Gasteiger partial charge in [-0.25, -0.2) is 0 Å². The van der Waals surface area contributed by atoms with E-state index in [1.165, 1.54) is 46.5 Å². The first-order chi connectivity index (χ1) is 20.8. The Kier molecular flexibility index (Phi) is 10.8. The van der Waals surface area contributed by atoms with Gasteiger partial charge in [0.2, 0.25) is 0 Å². The van der Waals surface area contributed by atoms with Crippen LogP contribution in [0.3, 0.4) is 0 Å². The van der Waals surface area contributed by atoms with Gasteiger partial charge in [-0.3, -0.25) is 0 Å². The van der Waals surface area contributed by atoms with E-state index in [1.54, 1.807) is 12.1 Å². The van der Waals surface area contributed by atoms with Gasteiger partial charge in [-0.15, -0.1) is 0 Å². The molecule has 2 unspecified atom stereocenters. The predicted octanol–water partition coefficient (Wildman–Crippen LogP) is 5.28. The molecule has 6 rings (SSSR count). The molecule has 46 heavy (non-hydrogen) atoms. The van der Waals surface area contributed by atoms with Gasteiger partial charge in [0.1, 0.15) is 0 Å². The number of hydrogen-bond acceptors (Lipinski definition) is 0. The van der Waals surface area contributed by atoms with E-state index in [1.807, 2.05) is 24.3 Å². The molecule has 0 saturated carbocycles. The molecule has 2 aliphatic carbocycles. The third kappa shape index (κ3) is 6.65. The normalized spacial score (nSPS) is 17.0. The molecule has 0 nitrogen and oxygen atoms in total. The standard InChI is InChI=1S/2C17H12F3.C2H7Si.2ClH.Zr/c2*1-11-8-12-5-3-7-15(16(12)9-11)13-4-2-6-14(10-13)17(18,19)20;1-3-2;;;/h2*2-10H,1H3;3H,1-2H3;2*1H;/q;;;;;+2/p-2. The molecule has 10 heteroatoms. The van der Waals surface area contributed by atoms with Crippen LogP contribution in [0.15, 0.2) is 96.1 Å². The average Bonchev–Trinajstić information content (AvgIpc) is 3.48. The van der Waals surface area contributed by atoms with Gasteiger partial charge >= 0.3 is 264 Å². The Hall–Kier alpha value is -2.38. The first-order valence-electron chi connectivity index (χ1n) is 14.6. The number of alkyl halides is 6. The van der Waals surface area contributed by atoms with Crippen LogP contribution >= 0.6 is 0 Å². The molecule has 0 N–H and O–H groups in total. The van der Waals surface area contributed by atoms with Crippen LogP contribution in [0.25, 0.3) is 34.4 Å². The van der Waals surface area contributed by atoms with Gasteiger partial charge in [0.05, 0.1) is 0 Å². The summed E-state index contributed by atoms with van der Waals surface area (Å²) >= 11 is -2.46. The summed E-state index contributed by atoms with van der Waals surface area (Å²) in [6.07, 6.45) is -4.47. The summed E-state index contributed by atoms with van der Waals surface area (Å²) in [5.74, 6) is -1.21. The number of halogens is 8. The molecular weight excluding hydrogens is 737 g/mol. The second kappa shape index (κ2) is 13.6. The fraction of sp³-hybridized carbons (Fsp3) is 0.222. The second-order valence-electron chi connectivity index (χ2n) is 12.1. The molecule has 0 heterocycles. The molecule has 0 bridgehead atoms. The molecule has 4 aromatic carbocycles. The quantitative estimate of drug-likeness (QED) is 0.192. The maximum absolute atomic E-state index is 13.6. The van der Waals surface area contributed by atoms with Crippen molar-refractivity contribution in [2.24, 2.45) is 0 Å². The van der Waals surface area contributed by atoms with Crippen LogP contribution in [0.4, 0.5) is 26.3 Å². The number of rotatable bonds is 5. The maximum atomic E-state index is 13.6. The van der Waals surface area contributed by atoms with Gasteiger partial charge in [-0.05, 0) is 0 Å². The van der Waals surface area contributed by atoms with Crippen molar-refractivity contribution in [3.05, 3.63) is 129 Å². The van der Waals surface area contributed by atoms with Crippen LogP contribution in [-0.4, -0.2) is 5.92 Å². The van der Waals surface area contributed by atoms with Gasteiger partial charge in [-0.2, -0.15) is 0 Å². The Morgan fingerprint density at radius 1 is 0.565 bits per heavy atom. The number of hydrogen-bond donors (Lipinski definition) is 0. The van der Waals surface area contributed by atoms with Gasteiger partial charge in [0.25, 0.3) is 0 Å². The molecule has 0 radical (unpaired) electrons. The van der Waals surface area contributed by atoms with Crippen molar-refractivity contribution in [2.75, 3.05) is 0 Å². The van der Waals surface area contributed by atoms with E-state index in [-0.39, 0.29) is 32.1 Å². The van der Waals surface area contributed by atoms with Crippen LogP contribution in [-0.2, 0) is 33.3 Å². The fourth-order valence-electron chi connectivity index (χ4n) is 7.05. The van der Waals surface area contributed by atoms with Crippen LogP contribution in [0.2, 0.25) is 13.1 Å². The van der Waals surface area contributed by atoms with Crippen molar-refractivity contribution < 1.29 is 72.1 Å². The molecule has 239 valence electrons. The van der Waals surface area contributed by atoms with Gasteiger partial charge in [0, 0.05) is 0 Å². The zero-order chi connectivity index (χ0) is 31.6. The Morgan fingerprint density at radius 3 is 1.28 bits per heavy atom. The van der Waals surface area contributed by atoms with Crippen LogP contribution in [0, 0.1) is 0 Å². The van der Waals surface area contributed by atoms with E-state index in [0.717, 1.165) is 34.4 Å². The SMILES string of the molecule is CC1=Cc2c(-c3cccc(C(F)(F)F)c3)cccc2[CH]1[Zr+2]([CH]1C(C)=Cc2c(-c3cccc(C(F)(F)F)c3)cccc21)[SiH](C)C.[Cl-].[Cl-]. The number of fused-ring (bicyclic) bond motifs is 2. The molecule has 0 saturated heterocycles. The van der Waals surface area contributed by atoms with Gasteiger partial charge in [0.15, 0.2) is 0 Å². The Bertz CT molecular complexity index is 1700. The summed E-state index contributed by atoms with van der Waals surface area (Å²) in [4.78, 5) is 0. The van der Waals surface area contributed by atoms with E-state index in [0.29, 0.717) is 11.1 Å². The van der Waals surface area contributed by atoms with Gasteiger partial charge in [-0.1, -0.05) is 0 Å². The van der Waals surface area contributed by atoms with Crippen molar-refractivity contribution in [3.8, 4) is 22.3 Å². The van der Waals surface area contributed by atoms with Crippen molar-refractivity contribution in [2.45, 2.75) is 46.5 Å². The second-order valence-corrected chi connectivity index (χ2v) is 32.1. The topological polar surface area (TPSA) is 0 Å². The molecule has 0 amide bonds. The molecule has 0 aliphatic heterocycles. The smallest absolute Gasteiger partial charge is 1.00 e. The molecule has 4 aromatic rings. The molecule has 0 fully saturated rings. The van der Waals surface area contributed by atoms with E-state index in [4.69, 9.17) is 0 Å². The van der Waals surface area contributed by atoms with Crippen LogP contribution in [0.5, 0.6) is 0 Å². The summed E-state index contributed by atoms with van der Waals surface area (Å²) in [5, 5.41) is 0.